The fraction of sp³-hybridized carbons (Fsp3) is 0.111. The average Bonchev–Trinajstić information content (AvgIpc) is 3.84. The van der Waals surface area contributed by atoms with E-state index in [1.165, 1.54) is 31.1 Å². The van der Waals surface area contributed by atoms with Crippen LogP contribution in [0, 0.1) is 0 Å². The Morgan fingerprint density at radius 2 is 1.35 bits per heavy atom. The molecular weight excluding hydrogens is 659 g/mol. The van der Waals surface area contributed by atoms with Crippen LogP contribution < -0.4 is 14.5 Å². The summed E-state index contributed by atoms with van der Waals surface area (Å²) in [4.78, 5) is 14.0. The van der Waals surface area contributed by atoms with E-state index < -0.39 is 0 Å². The van der Waals surface area contributed by atoms with Crippen molar-refractivity contribution in [2.75, 3.05) is 16.5 Å². The first kappa shape index (κ1) is 30.6. The average molecular weight is 694 g/mol. The molecule has 0 spiro atoms. The van der Waals surface area contributed by atoms with Crippen LogP contribution in [0.1, 0.15) is 26.3 Å². The number of para-hydroxylation sites is 1. The zero-order valence-corrected chi connectivity index (χ0v) is 29.9. The highest BCUT2D eigenvalue weighted by atomic mass is 32.1. The number of fused-ring (bicyclic) bond motifs is 7. The Morgan fingerprint density at radius 1 is 0.596 bits per heavy atom. The minimum absolute atomic E-state index is 0.00587. The van der Waals surface area contributed by atoms with Gasteiger partial charge in [-0.15, -0.1) is 11.3 Å². The molecule has 1 aliphatic heterocycles. The van der Waals surface area contributed by atoms with Crippen molar-refractivity contribution in [1.82, 2.24) is 14.5 Å². The molecule has 0 saturated carbocycles. The van der Waals surface area contributed by atoms with Crippen LogP contribution in [0.2, 0.25) is 0 Å². The zero-order valence-electron chi connectivity index (χ0n) is 29.1. The molecule has 9 aromatic rings. The van der Waals surface area contributed by atoms with Crippen LogP contribution in [0.25, 0.3) is 47.8 Å². The lowest BCUT2D eigenvalue weighted by molar-refractivity contribution is 0.483. The summed E-state index contributed by atoms with van der Waals surface area (Å²) in [5, 5.41) is 4.95. The standard InChI is InChI=1S/C45H35N5OS/c1-45(2,3)29-19-22-47-44(23-29)50-38-13-6-4-11-34(38)35-18-16-33(26-40(35)50)51-32-10-8-9-30(24-32)48-28-49(41-27-46-21-20-39(41)48)31-15-17-37-36-12-5-7-14-42(36)52-43(37)25-31/h4-27H,28H2,1-3H3. The van der Waals surface area contributed by atoms with Gasteiger partial charge < -0.3 is 14.5 Å². The first-order valence-corrected chi connectivity index (χ1v) is 18.4. The van der Waals surface area contributed by atoms with E-state index in [1.807, 2.05) is 36.0 Å². The maximum Gasteiger partial charge on any atom is 0.137 e. The normalized spacial score (nSPS) is 13.1. The number of thiophene rings is 1. The van der Waals surface area contributed by atoms with Gasteiger partial charge in [-0.2, -0.15) is 0 Å². The minimum Gasteiger partial charge on any atom is -0.457 e. The lowest BCUT2D eigenvalue weighted by Crippen LogP contribution is -2.23. The number of anilines is 4. The third kappa shape index (κ3) is 5.00. The number of pyridine rings is 2. The SMILES string of the molecule is CC(C)(C)c1ccnc(-n2c3ccccc3c3ccc(Oc4cccc(N5CN(c6ccc7c(c6)sc6ccccc67)c6cnccc65)c4)cc32)c1. The number of benzene rings is 5. The summed E-state index contributed by atoms with van der Waals surface area (Å²) in [6, 6.07) is 45.1. The molecule has 0 unspecified atom stereocenters. The molecule has 52 heavy (non-hydrogen) atoms. The molecule has 0 radical (unpaired) electrons. The Labute approximate surface area is 305 Å². The van der Waals surface area contributed by atoms with E-state index in [0.29, 0.717) is 6.67 Å². The second-order valence-electron chi connectivity index (χ2n) is 14.4. The molecule has 0 atom stereocenters. The van der Waals surface area contributed by atoms with Gasteiger partial charge in [-0.1, -0.05) is 69.3 Å². The summed E-state index contributed by atoms with van der Waals surface area (Å²) < 4.78 is 11.5. The first-order valence-electron chi connectivity index (χ1n) is 17.6. The van der Waals surface area contributed by atoms with Crippen LogP contribution in [-0.2, 0) is 5.41 Å². The van der Waals surface area contributed by atoms with E-state index in [2.05, 4.69) is 161 Å². The minimum atomic E-state index is 0.00587. The number of ether oxygens (including phenoxy) is 1. The van der Waals surface area contributed by atoms with Crippen LogP contribution in [0.5, 0.6) is 11.5 Å². The van der Waals surface area contributed by atoms with Gasteiger partial charge >= 0.3 is 0 Å². The molecule has 0 amide bonds. The molecule has 5 aromatic carbocycles. The van der Waals surface area contributed by atoms with Gasteiger partial charge in [-0.25, -0.2) is 4.98 Å². The van der Waals surface area contributed by atoms with Crippen LogP contribution in [0.4, 0.5) is 22.7 Å². The summed E-state index contributed by atoms with van der Waals surface area (Å²) in [5.74, 6) is 2.44. The number of aromatic nitrogens is 3. The maximum atomic E-state index is 6.64. The lowest BCUT2D eigenvalue weighted by Gasteiger charge is -2.22. The molecule has 4 aromatic heterocycles. The van der Waals surface area contributed by atoms with Gasteiger partial charge in [-0.3, -0.25) is 9.55 Å². The fourth-order valence-corrected chi connectivity index (χ4v) is 8.69. The highest BCUT2D eigenvalue weighted by Crippen LogP contribution is 2.46. The summed E-state index contributed by atoms with van der Waals surface area (Å²) in [5.41, 5.74) is 7.81. The third-order valence-electron chi connectivity index (χ3n) is 10.2. The maximum absolute atomic E-state index is 6.64. The Kier molecular flexibility index (Phi) is 6.88. The lowest BCUT2D eigenvalue weighted by atomic mass is 9.88. The van der Waals surface area contributed by atoms with Gasteiger partial charge in [0.2, 0.25) is 0 Å². The van der Waals surface area contributed by atoms with Crippen molar-refractivity contribution in [1.29, 1.82) is 0 Å². The van der Waals surface area contributed by atoms with Gasteiger partial charge in [0, 0.05) is 66.8 Å². The number of hydrogen-bond acceptors (Lipinski definition) is 6. The van der Waals surface area contributed by atoms with E-state index in [-0.39, 0.29) is 5.41 Å². The van der Waals surface area contributed by atoms with E-state index in [0.717, 1.165) is 56.5 Å². The Morgan fingerprint density at radius 3 is 2.25 bits per heavy atom. The molecule has 0 bridgehead atoms. The van der Waals surface area contributed by atoms with Gasteiger partial charge in [0.15, 0.2) is 0 Å². The molecule has 7 heteroatoms. The smallest absolute Gasteiger partial charge is 0.137 e. The topological polar surface area (TPSA) is 46.4 Å². The molecule has 0 saturated heterocycles. The molecule has 1 aliphatic rings. The fourth-order valence-electron chi connectivity index (χ4n) is 7.55. The van der Waals surface area contributed by atoms with E-state index in [9.17, 15) is 0 Å². The molecule has 0 N–H and O–H groups in total. The summed E-state index contributed by atoms with van der Waals surface area (Å²) >= 11 is 1.84. The van der Waals surface area contributed by atoms with Crippen molar-refractivity contribution in [3.05, 3.63) is 152 Å². The van der Waals surface area contributed by atoms with Crippen molar-refractivity contribution in [3.8, 4) is 17.3 Å². The highest BCUT2D eigenvalue weighted by Gasteiger charge is 2.29. The Hall–Kier alpha value is -6.18. The molecular formula is C45H35N5OS. The van der Waals surface area contributed by atoms with Gasteiger partial charge in [0.1, 0.15) is 24.0 Å². The highest BCUT2D eigenvalue weighted by molar-refractivity contribution is 7.25. The molecule has 252 valence electrons. The van der Waals surface area contributed by atoms with Crippen molar-refractivity contribution < 1.29 is 4.74 Å². The Balaban J connectivity index is 0.997. The first-order chi connectivity index (χ1) is 25.4. The summed E-state index contributed by atoms with van der Waals surface area (Å²) in [6.45, 7) is 7.36. The number of nitrogens with zero attached hydrogens (tertiary/aromatic N) is 5. The predicted octanol–water partition coefficient (Wildman–Crippen LogP) is 12.3. The molecule has 6 nitrogen and oxygen atoms in total. The van der Waals surface area contributed by atoms with Crippen molar-refractivity contribution >= 4 is 76.1 Å². The quantitative estimate of drug-likeness (QED) is 0.180. The zero-order chi connectivity index (χ0) is 35.0. The largest absolute Gasteiger partial charge is 0.457 e. The summed E-state index contributed by atoms with van der Waals surface area (Å²) in [7, 11) is 0. The second kappa shape index (κ2) is 11.7. The van der Waals surface area contributed by atoms with Crippen molar-refractivity contribution in [3.63, 3.8) is 0 Å². The van der Waals surface area contributed by atoms with Gasteiger partial charge in [-0.05, 0) is 77.7 Å². The van der Waals surface area contributed by atoms with E-state index in [4.69, 9.17) is 9.72 Å². The Bertz CT molecular complexity index is 2830. The van der Waals surface area contributed by atoms with E-state index >= 15 is 0 Å². The second-order valence-corrected chi connectivity index (χ2v) is 15.5. The van der Waals surface area contributed by atoms with Crippen molar-refractivity contribution in [2.45, 2.75) is 26.2 Å². The van der Waals surface area contributed by atoms with Crippen LogP contribution >= 0.6 is 11.3 Å². The van der Waals surface area contributed by atoms with Crippen molar-refractivity contribution in [2.24, 2.45) is 0 Å². The van der Waals surface area contributed by atoms with Gasteiger partial charge in [0.05, 0.1) is 28.6 Å². The molecule has 0 fully saturated rings. The van der Waals surface area contributed by atoms with Crippen LogP contribution in [0.15, 0.2) is 146 Å². The third-order valence-corrected chi connectivity index (χ3v) is 11.3. The molecule has 0 aliphatic carbocycles. The van der Waals surface area contributed by atoms with Crippen LogP contribution in [-0.4, -0.2) is 21.2 Å². The predicted molar refractivity (Wildman–Crippen MR) is 217 cm³/mol. The van der Waals surface area contributed by atoms with Crippen LogP contribution in [0.3, 0.4) is 0 Å². The number of rotatable bonds is 5. The van der Waals surface area contributed by atoms with E-state index in [1.54, 1.807) is 0 Å². The van der Waals surface area contributed by atoms with Gasteiger partial charge in [0.25, 0.3) is 0 Å². The number of hydrogen-bond donors (Lipinski definition) is 0. The molecule has 5 heterocycles. The monoisotopic (exact) mass is 693 g/mol. The summed E-state index contributed by atoms with van der Waals surface area (Å²) in [6.07, 6.45) is 5.74. The molecule has 10 rings (SSSR count).